The molecule has 0 aromatic heterocycles. The van der Waals surface area contributed by atoms with Crippen LogP contribution in [0.1, 0.15) is 6.42 Å². The molecule has 0 heterocycles. The van der Waals surface area contributed by atoms with Crippen molar-refractivity contribution in [3.8, 4) is 0 Å². The van der Waals surface area contributed by atoms with Crippen LogP contribution < -0.4 is 0 Å². The fraction of sp³-hybridized carbons (Fsp3) is 0.714. The van der Waals surface area contributed by atoms with Gasteiger partial charge in [-0.3, -0.25) is 0 Å². The average molecular weight is 247 g/mol. The zero-order valence-corrected chi connectivity index (χ0v) is 7.62. The van der Waals surface area contributed by atoms with E-state index >= 15 is 0 Å². The van der Waals surface area contributed by atoms with Crippen molar-refractivity contribution in [2.45, 2.75) is 18.3 Å². The van der Waals surface area contributed by atoms with Gasteiger partial charge in [0.1, 0.15) is 0 Å². The highest BCUT2D eigenvalue weighted by Crippen LogP contribution is 2.42. The summed E-state index contributed by atoms with van der Waals surface area (Å²) in [5, 5.41) is 0.00653. The molecular formula is C7H7BrF4. The lowest BCUT2D eigenvalue weighted by atomic mass is 9.91. The Morgan fingerprint density at radius 2 is 1.92 bits per heavy atom. The van der Waals surface area contributed by atoms with Crippen LogP contribution in [0.4, 0.5) is 17.6 Å². The minimum atomic E-state index is -3.36. The number of hydrogen-bond acceptors (Lipinski definition) is 0. The Labute approximate surface area is 75.8 Å². The van der Waals surface area contributed by atoms with Gasteiger partial charge in [0.05, 0.1) is 12.3 Å². The van der Waals surface area contributed by atoms with E-state index < -0.39 is 24.2 Å². The molecule has 0 amide bonds. The van der Waals surface area contributed by atoms with E-state index in [4.69, 9.17) is 0 Å². The van der Waals surface area contributed by atoms with Crippen LogP contribution in [-0.4, -0.2) is 17.2 Å². The summed E-state index contributed by atoms with van der Waals surface area (Å²) in [5.74, 6) is -7.78. The first-order chi connectivity index (χ1) is 5.37. The third-order valence-corrected chi connectivity index (χ3v) is 2.45. The monoisotopic (exact) mass is 246 g/mol. The van der Waals surface area contributed by atoms with Crippen LogP contribution in [-0.2, 0) is 0 Å². The molecule has 0 saturated carbocycles. The highest BCUT2D eigenvalue weighted by Gasteiger charge is 2.49. The molecule has 1 atom stereocenters. The molecule has 1 aliphatic carbocycles. The van der Waals surface area contributed by atoms with Crippen LogP contribution in [0.25, 0.3) is 0 Å². The van der Waals surface area contributed by atoms with Crippen LogP contribution in [0.2, 0.25) is 0 Å². The van der Waals surface area contributed by atoms with E-state index in [1.165, 1.54) is 0 Å². The third-order valence-electron chi connectivity index (χ3n) is 1.75. The second-order valence-corrected chi connectivity index (χ2v) is 3.47. The van der Waals surface area contributed by atoms with Crippen molar-refractivity contribution in [2.75, 3.05) is 5.33 Å². The molecular weight excluding hydrogens is 240 g/mol. The number of alkyl halides is 5. The van der Waals surface area contributed by atoms with Gasteiger partial charge in [-0.25, -0.2) is 17.6 Å². The SMILES string of the molecule is FC1(F)C=CC(CBr)C(F)(F)C1. The molecule has 0 spiro atoms. The Kier molecular flexibility index (Phi) is 2.52. The smallest absolute Gasteiger partial charge is 0.206 e. The second-order valence-electron chi connectivity index (χ2n) is 2.82. The fourth-order valence-corrected chi connectivity index (χ4v) is 1.76. The quantitative estimate of drug-likeness (QED) is 0.379. The maximum atomic E-state index is 12.8. The zero-order valence-electron chi connectivity index (χ0n) is 6.04. The van der Waals surface area contributed by atoms with Gasteiger partial charge in [-0.1, -0.05) is 22.0 Å². The molecule has 0 bridgehead atoms. The topological polar surface area (TPSA) is 0 Å². The maximum Gasteiger partial charge on any atom is 0.272 e. The summed E-state index contributed by atoms with van der Waals surface area (Å²) in [6.07, 6.45) is 0.0430. The van der Waals surface area contributed by atoms with E-state index in [-0.39, 0.29) is 5.33 Å². The van der Waals surface area contributed by atoms with Gasteiger partial charge >= 0.3 is 0 Å². The van der Waals surface area contributed by atoms with Crippen LogP contribution in [0.15, 0.2) is 12.2 Å². The molecule has 0 aliphatic heterocycles. The predicted octanol–water partition coefficient (Wildman–Crippen LogP) is 3.23. The summed E-state index contributed by atoms with van der Waals surface area (Å²) in [5.41, 5.74) is 0. The normalized spacial score (nSPS) is 31.9. The van der Waals surface area contributed by atoms with Crippen molar-refractivity contribution < 1.29 is 17.6 Å². The van der Waals surface area contributed by atoms with Gasteiger partial charge in [0.2, 0.25) is 0 Å². The van der Waals surface area contributed by atoms with Crippen molar-refractivity contribution in [2.24, 2.45) is 5.92 Å². The Balaban J connectivity index is 2.84. The minimum absolute atomic E-state index is 0.00653. The van der Waals surface area contributed by atoms with Gasteiger partial charge in [0, 0.05) is 5.33 Å². The molecule has 1 unspecified atom stereocenters. The summed E-state index contributed by atoms with van der Waals surface area (Å²) in [6, 6.07) is 0. The highest BCUT2D eigenvalue weighted by molar-refractivity contribution is 9.09. The summed E-state index contributed by atoms with van der Waals surface area (Å²) >= 11 is 2.85. The van der Waals surface area contributed by atoms with E-state index in [9.17, 15) is 17.6 Å². The number of allylic oxidation sites excluding steroid dienone is 2. The fourth-order valence-electron chi connectivity index (χ4n) is 1.07. The van der Waals surface area contributed by atoms with Crippen molar-refractivity contribution in [3.05, 3.63) is 12.2 Å². The van der Waals surface area contributed by atoms with Crippen molar-refractivity contribution in [3.63, 3.8) is 0 Å². The largest absolute Gasteiger partial charge is 0.272 e. The van der Waals surface area contributed by atoms with Gasteiger partial charge in [-0.05, 0) is 6.08 Å². The maximum absolute atomic E-state index is 12.8. The molecule has 0 radical (unpaired) electrons. The first kappa shape index (κ1) is 10.0. The van der Waals surface area contributed by atoms with Crippen molar-refractivity contribution in [1.29, 1.82) is 0 Å². The van der Waals surface area contributed by atoms with Gasteiger partial charge in [0.25, 0.3) is 11.8 Å². The van der Waals surface area contributed by atoms with Crippen LogP contribution >= 0.6 is 15.9 Å². The molecule has 1 rings (SSSR count). The van der Waals surface area contributed by atoms with E-state index in [0.717, 1.165) is 6.08 Å². The Bertz CT molecular complexity index is 200. The van der Waals surface area contributed by atoms with E-state index in [2.05, 4.69) is 15.9 Å². The molecule has 0 aromatic carbocycles. The number of hydrogen-bond donors (Lipinski definition) is 0. The lowest BCUT2D eigenvalue weighted by Gasteiger charge is -2.30. The lowest BCUT2D eigenvalue weighted by molar-refractivity contribution is -0.115. The lowest BCUT2D eigenvalue weighted by Crippen LogP contribution is -2.38. The first-order valence-electron chi connectivity index (χ1n) is 3.38. The predicted molar refractivity (Wildman–Crippen MR) is 40.9 cm³/mol. The van der Waals surface area contributed by atoms with Crippen LogP contribution in [0, 0.1) is 5.92 Å². The molecule has 12 heavy (non-hydrogen) atoms. The molecule has 1 aliphatic rings. The van der Waals surface area contributed by atoms with E-state index in [1.807, 2.05) is 0 Å². The Morgan fingerprint density at radius 1 is 1.33 bits per heavy atom. The first-order valence-corrected chi connectivity index (χ1v) is 4.50. The van der Waals surface area contributed by atoms with E-state index in [0.29, 0.717) is 6.08 Å². The summed E-state index contributed by atoms with van der Waals surface area (Å²) in [4.78, 5) is 0. The average Bonchev–Trinajstić information content (AvgIpc) is 1.83. The molecule has 0 N–H and O–H groups in total. The van der Waals surface area contributed by atoms with Crippen molar-refractivity contribution in [1.82, 2.24) is 0 Å². The number of halogens is 5. The Morgan fingerprint density at radius 3 is 2.33 bits per heavy atom. The second kappa shape index (κ2) is 3.01. The molecule has 5 heteroatoms. The third kappa shape index (κ3) is 2.00. The summed E-state index contributed by atoms with van der Waals surface area (Å²) in [6.45, 7) is 0. The summed E-state index contributed by atoms with van der Waals surface area (Å²) in [7, 11) is 0. The van der Waals surface area contributed by atoms with Crippen molar-refractivity contribution >= 4 is 15.9 Å². The highest BCUT2D eigenvalue weighted by atomic mass is 79.9. The summed E-state index contributed by atoms with van der Waals surface area (Å²) < 4.78 is 50.5. The molecule has 0 nitrogen and oxygen atoms in total. The van der Waals surface area contributed by atoms with Gasteiger partial charge in [0.15, 0.2) is 0 Å². The Hall–Kier alpha value is -0.0600. The minimum Gasteiger partial charge on any atom is -0.206 e. The molecule has 70 valence electrons. The molecule has 0 aromatic rings. The zero-order chi connectivity index (χ0) is 9.41. The van der Waals surface area contributed by atoms with Gasteiger partial charge < -0.3 is 0 Å². The van der Waals surface area contributed by atoms with E-state index in [1.54, 1.807) is 0 Å². The van der Waals surface area contributed by atoms with Gasteiger partial charge in [-0.2, -0.15) is 0 Å². The van der Waals surface area contributed by atoms with Gasteiger partial charge in [-0.15, -0.1) is 0 Å². The van der Waals surface area contributed by atoms with Crippen LogP contribution in [0.3, 0.4) is 0 Å². The van der Waals surface area contributed by atoms with Crippen LogP contribution in [0.5, 0.6) is 0 Å². The molecule has 0 fully saturated rings. The number of rotatable bonds is 1. The molecule has 0 saturated heterocycles. The standard InChI is InChI=1S/C7H7BrF4/c8-3-5-1-2-6(9,10)4-7(5,11)12/h1-2,5H,3-4H2.